The fraction of sp³-hybridized carbons (Fsp3) is 0. The van der Waals surface area contributed by atoms with Gasteiger partial charge in [0.15, 0.2) is 6.29 Å². The molecule has 0 atom stereocenters. The Morgan fingerprint density at radius 1 is 1.38 bits per heavy atom. The van der Waals surface area contributed by atoms with Crippen molar-refractivity contribution in [2.24, 2.45) is 0 Å². The van der Waals surface area contributed by atoms with E-state index in [4.69, 9.17) is 23.2 Å². The third-order valence-electron chi connectivity index (χ3n) is 1.76. The van der Waals surface area contributed by atoms with Gasteiger partial charge in [-0.3, -0.25) is 9.89 Å². The maximum Gasteiger partial charge on any atom is 0.168 e. The van der Waals surface area contributed by atoms with Gasteiger partial charge in [0, 0.05) is 0 Å². The molecule has 0 fully saturated rings. The zero-order valence-electron chi connectivity index (χ0n) is 6.34. The molecule has 2 rings (SSSR count). The largest absolute Gasteiger partial charge is 0.296 e. The van der Waals surface area contributed by atoms with Gasteiger partial charge in [0.1, 0.15) is 5.69 Å². The zero-order valence-corrected chi connectivity index (χ0v) is 7.86. The normalized spacial score (nSPS) is 10.6. The third kappa shape index (κ3) is 1.20. The molecule has 0 saturated heterocycles. The van der Waals surface area contributed by atoms with Crippen LogP contribution in [0.4, 0.5) is 0 Å². The van der Waals surface area contributed by atoms with Gasteiger partial charge in [0.25, 0.3) is 0 Å². The first-order valence-corrected chi connectivity index (χ1v) is 4.27. The fourth-order valence-corrected chi connectivity index (χ4v) is 1.57. The molecule has 0 aliphatic carbocycles. The molecule has 0 aliphatic heterocycles. The van der Waals surface area contributed by atoms with Crippen molar-refractivity contribution in [3.63, 3.8) is 0 Å². The maximum absolute atomic E-state index is 10.6. The summed E-state index contributed by atoms with van der Waals surface area (Å²) >= 11 is 11.7. The molecule has 0 saturated carbocycles. The van der Waals surface area contributed by atoms with E-state index in [9.17, 15) is 4.79 Å². The first kappa shape index (κ1) is 8.53. The van der Waals surface area contributed by atoms with Crippen molar-refractivity contribution in [3.8, 4) is 0 Å². The van der Waals surface area contributed by atoms with Crippen molar-refractivity contribution in [2.75, 3.05) is 0 Å². The number of carbonyl (C=O) groups excluding carboxylic acids is 1. The Labute approximate surface area is 83.6 Å². The number of halogens is 2. The van der Waals surface area contributed by atoms with Crippen LogP contribution in [0.25, 0.3) is 10.9 Å². The van der Waals surface area contributed by atoms with Crippen molar-refractivity contribution in [2.45, 2.75) is 0 Å². The number of benzene rings is 1. The van der Waals surface area contributed by atoms with Crippen LogP contribution in [0.2, 0.25) is 10.0 Å². The molecule has 0 bridgehead atoms. The Hall–Kier alpha value is -1.06. The van der Waals surface area contributed by atoms with E-state index < -0.39 is 0 Å². The highest BCUT2D eigenvalue weighted by Crippen LogP contribution is 2.31. The quantitative estimate of drug-likeness (QED) is 0.743. The van der Waals surface area contributed by atoms with Crippen LogP contribution in [-0.2, 0) is 0 Å². The summed E-state index contributed by atoms with van der Waals surface area (Å²) in [6.45, 7) is 0. The lowest BCUT2D eigenvalue weighted by Crippen LogP contribution is -1.80. The van der Waals surface area contributed by atoms with Crippen LogP contribution in [0, 0.1) is 0 Å². The van der Waals surface area contributed by atoms with Gasteiger partial charge >= 0.3 is 0 Å². The van der Waals surface area contributed by atoms with Gasteiger partial charge < -0.3 is 0 Å². The van der Waals surface area contributed by atoms with Gasteiger partial charge in [-0.1, -0.05) is 23.2 Å². The Kier molecular flexibility index (Phi) is 1.98. The molecule has 5 heteroatoms. The zero-order chi connectivity index (χ0) is 9.42. The summed E-state index contributed by atoms with van der Waals surface area (Å²) in [6, 6.07) is 3.34. The van der Waals surface area contributed by atoms with Crippen molar-refractivity contribution >= 4 is 40.4 Å². The Bertz CT molecular complexity index is 478. The SMILES string of the molecule is O=Cc1[nH]nc2ccc(Cl)c(Cl)c12. The number of H-pyrrole nitrogens is 1. The van der Waals surface area contributed by atoms with E-state index >= 15 is 0 Å². The minimum atomic E-state index is 0.350. The maximum atomic E-state index is 10.6. The number of aldehydes is 1. The molecule has 1 aromatic carbocycles. The molecule has 0 radical (unpaired) electrons. The highest BCUT2D eigenvalue weighted by atomic mass is 35.5. The summed E-state index contributed by atoms with van der Waals surface area (Å²) in [5.74, 6) is 0. The second-order valence-corrected chi connectivity index (χ2v) is 3.30. The van der Waals surface area contributed by atoms with Gasteiger partial charge in [0.2, 0.25) is 0 Å². The van der Waals surface area contributed by atoms with Crippen LogP contribution < -0.4 is 0 Å². The van der Waals surface area contributed by atoms with E-state index in [1.54, 1.807) is 12.1 Å². The smallest absolute Gasteiger partial charge is 0.168 e. The average Bonchev–Trinajstić information content (AvgIpc) is 2.55. The highest BCUT2D eigenvalue weighted by Gasteiger charge is 2.10. The van der Waals surface area contributed by atoms with E-state index in [2.05, 4.69) is 10.2 Å². The molecule has 1 heterocycles. The molecule has 66 valence electrons. The second-order valence-electron chi connectivity index (χ2n) is 2.51. The van der Waals surface area contributed by atoms with Gasteiger partial charge in [-0.25, -0.2) is 0 Å². The van der Waals surface area contributed by atoms with Crippen molar-refractivity contribution < 1.29 is 4.79 Å². The van der Waals surface area contributed by atoms with Crippen LogP contribution in [-0.4, -0.2) is 16.5 Å². The number of nitrogens with zero attached hydrogens (tertiary/aromatic N) is 1. The van der Waals surface area contributed by atoms with Crippen molar-refractivity contribution in [1.29, 1.82) is 0 Å². The Morgan fingerprint density at radius 2 is 2.15 bits per heavy atom. The summed E-state index contributed by atoms with van der Waals surface area (Å²) < 4.78 is 0. The first-order chi connectivity index (χ1) is 6.24. The Balaban J connectivity index is 2.93. The number of hydrogen-bond donors (Lipinski definition) is 1. The van der Waals surface area contributed by atoms with E-state index in [1.807, 2.05) is 0 Å². The number of rotatable bonds is 1. The number of hydrogen-bond acceptors (Lipinski definition) is 2. The summed E-state index contributed by atoms with van der Waals surface area (Å²) in [5, 5.41) is 7.81. The fourth-order valence-electron chi connectivity index (χ4n) is 1.15. The highest BCUT2D eigenvalue weighted by molar-refractivity contribution is 6.45. The van der Waals surface area contributed by atoms with Gasteiger partial charge in [-0.15, -0.1) is 0 Å². The lowest BCUT2D eigenvalue weighted by atomic mass is 10.2. The summed E-state index contributed by atoms with van der Waals surface area (Å²) in [4.78, 5) is 10.6. The lowest BCUT2D eigenvalue weighted by Gasteiger charge is -1.95. The molecular weight excluding hydrogens is 211 g/mol. The topological polar surface area (TPSA) is 45.8 Å². The monoisotopic (exact) mass is 214 g/mol. The lowest BCUT2D eigenvalue weighted by molar-refractivity contribution is 0.112. The van der Waals surface area contributed by atoms with Crippen LogP contribution in [0.15, 0.2) is 12.1 Å². The van der Waals surface area contributed by atoms with Gasteiger partial charge in [0.05, 0.1) is 20.9 Å². The Morgan fingerprint density at radius 3 is 2.85 bits per heavy atom. The van der Waals surface area contributed by atoms with Crippen LogP contribution in [0.5, 0.6) is 0 Å². The van der Waals surface area contributed by atoms with Crippen LogP contribution >= 0.6 is 23.2 Å². The number of carbonyl (C=O) groups is 1. The standard InChI is InChI=1S/C8H4Cl2N2O/c9-4-1-2-5-7(8(4)10)6(3-13)12-11-5/h1-3H,(H,11,12). The van der Waals surface area contributed by atoms with Gasteiger partial charge in [-0.2, -0.15) is 5.10 Å². The molecule has 0 unspecified atom stereocenters. The minimum absolute atomic E-state index is 0.350. The van der Waals surface area contributed by atoms with E-state index in [0.29, 0.717) is 32.9 Å². The average molecular weight is 215 g/mol. The predicted octanol–water partition coefficient (Wildman–Crippen LogP) is 2.68. The van der Waals surface area contributed by atoms with Crippen molar-refractivity contribution in [3.05, 3.63) is 27.9 Å². The summed E-state index contributed by atoms with van der Waals surface area (Å²) in [6.07, 6.45) is 0.664. The molecule has 1 aromatic heterocycles. The first-order valence-electron chi connectivity index (χ1n) is 3.51. The minimum Gasteiger partial charge on any atom is -0.296 e. The molecule has 1 N–H and O–H groups in total. The number of fused-ring (bicyclic) bond motifs is 1. The number of aromatic amines is 1. The van der Waals surface area contributed by atoms with Crippen LogP contribution in [0.1, 0.15) is 10.5 Å². The molecule has 2 aromatic rings. The molecule has 0 spiro atoms. The van der Waals surface area contributed by atoms with E-state index in [1.165, 1.54) is 0 Å². The molecule has 0 aliphatic rings. The third-order valence-corrected chi connectivity index (χ3v) is 2.56. The summed E-state index contributed by atoms with van der Waals surface area (Å²) in [7, 11) is 0. The van der Waals surface area contributed by atoms with E-state index in [-0.39, 0.29) is 0 Å². The second kappa shape index (κ2) is 3.01. The molecule has 13 heavy (non-hydrogen) atoms. The van der Waals surface area contributed by atoms with Crippen LogP contribution in [0.3, 0.4) is 0 Å². The summed E-state index contributed by atoms with van der Waals surface area (Å²) in [5.41, 5.74) is 0.985. The number of aromatic nitrogens is 2. The van der Waals surface area contributed by atoms with Gasteiger partial charge in [-0.05, 0) is 12.1 Å². The molecule has 0 amide bonds. The van der Waals surface area contributed by atoms with E-state index in [0.717, 1.165) is 0 Å². The predicted molar refractivity (Wildman–Crippen MR) is 51.5 cm³/mol. The van der Waals surface area contributed by atoms with Crippen molar-refractivity contribution in [1.82, 2.24) is 10.2 Å². The number of nitrogens with one attached hydrogen (secondary N) is 1. The molecule has 3 nitrogen and oxygen atoms in total. The molecular formula is C8H4Cl2N2O.